The van der Waals surface area contributed by atoms with Gasteiger partial charge in [0.25, 0.3) is 0 Å². The summed E-state index contributed by atoms with van der Waals surface area (Å²) in [6, 6.07) is 0.162. The highest BCUT2D eigenvalue weighted by atomic mass is 16.6. The quantitative estimate of drug-likeness (QED) is 0.633. The highest BCUT2D eigenvalue weighted by molar-refractivity contribution is 5.68. The molecule has 1 rings (SSSR count). The molecule has 1 aliphatic carbocycles. The van der Waals surface area contributed by atoms with Gasteiger partial charge in [-0.15, -0.1) is 0 Å². The van der Waals surface area contributed by atoms with E-state index >= 15 is 0 Å². The summed E-state index contributed by atoms with van der Waals surface area (Å²) in [4.78, 5) is 11.2. The molecule has 1 aliphatic rings. The van der Waals surface area contributed by atoms with Crippen molar-refractivity contribution < 1.29 is 9.53 Å². The van der Waals surface area contributed by atoms with Crippen LogP contribution in [0.5, 0.6) is 0 Å². The number of amides is 1. The van der Waals surface area contributed by atoms with E-state index in [4.69, 9.17) is 4.74 Å². The fourth-order valence-electron chi connectivity index (χ4n) is 1.21. The van der Waals surface area contributed by atoms with Crippen LogP contribution in [0.25, 0.3) is 0 Å². The zero-order valence-corrected chi connectivity index (χ0v) is 8.46. The van der Waals surface area contributed by atoms with E-state index in [2.05, 4.69) is 11.4 Å². The molecule has 0 bridgehead atoms. The van der Waals surface area contributed by atoms with Crippen molar-refractivity contribution in [2.24, 2.45) is 0 Å². The normalized spacial score (nSPS) is 21.6. The highest BCUT2D eigenvalue weighted by Gasteiger charge is 2.18. The summed E-state index contributed by atoms with van der Waals surface area (Å²) >= 11 is 0. The lowest BCUT2D eigenvalue weighted by Crippen LogP contribution is -2.37. The molecule has 0 saturated carbocycles. The molecule has 0 unspecified atom stereocenters. The molecule has 1 N–H and O–H groups in total. The summed E-state index contributed by atoms with van der Waals surface area (Å²) in [5.41, 5.74) is -0.410. The van der Waals surface area contributed by atoms with Crippen LogP contribution in [0, 0.1) is 0 Å². The van der Waals surface area contributed by atoms with Crippen molar-refractivity contribution in [2.75, 3.05) is 0 Å². The summed E-state index contributed by atoms with van der Waals surface area (Å²) < 4.78 is 5.12. The lowest BCUT2D eigenvalue weighted by Gasteiger charge is -2.21. The van der Waals surface area contributed by atoms with Crippen molar-refractivity contribution in [1.29, 1.82) is 0 Å². The van der Waals surface area contributed by atoms with Gasteiger partial charge in [-0.1, -0.05) is 12.2 Å². The van der Waals surface area contributed by atoms with E-state index < -0.39 is 5.60 Å². The predicted octanol–water partition coefficient (Wildman–Crippen LogP) is 2.23. The standard InChI is InChI=1S/C10H17NO2/c1-10(2,3)13-9(12)11-8-6-4-5-7-8/h4,6,8H,5,7H2,1-3H3,(H,11,12)/t8-/m1/s1. The Bertz CT molecular complexity index is 215. The molecule has 0 aromatic rings. The Morgan fingerprint density at radius 1 is 1.54 bits per heavy atom. The second kappa shape index (κ2) is 3.81. The molecule has 74 valence electrons. The molecule has 0 spiro atoms. The predicted molar refractivity (Wildman–Crippen MR) is 51.5 cm³/mol. The minimum absolute atomic E-state index is 0.162. The molecule has 0 fully saturated rings. The van der Waals surface area contributed by atoms with Crippen LogP contribution in [0.15, 0.2) is 12.2 Å². The number of ether oxygens (including phenoxy) is 1. The number of carbonyl (C=O) groups excluding carboxylic acids is 1. The van der Waals surface area contributed by atoms with Gasteiger partial charge in [0.2, 0.25) is 0 Å². The third-order valence-electron chi connectivity index (χ3n) is 1.71. The molecule has 0 saturated heterocycles. The van der Waals surface area contributed by atoms with Gasteiger partial charge in [-0.25, -0.2) is 4.79 Å². The summed E-state index contributed by atoms with van der Waals surface area (Å²) in [5, 5.41) is 2.79. The number of hydrogen-bond acceptors (Lipinski definition) is 2. The molecule has 0 aromatic carbocycles. The molecular weight excluding hydrogens is 166 g/mol. The fraction of sp³-hybridized carbons (Fsp3) is 0.700. The molecule has 0 radical (unpaired) electrons. The maximum atomic E-state index is 11.2. The van der Waals surface area contributed by atoms with E-state index in [1.54, 1.807) is 0 Å². The molecule has 0 heterocycles. The van der Waals surface area contributed by atoms with E-state index in [1.165, 1.54) is 0 Å². The maximum absolute atomic E-state index is 11.2. The van der Waals surface area contributed by atoms with Crippen LogP contribution >= 0.6 is 0 Å². The fourth-order valence-corrected chi connectivity index (χ4v) is 1.21. The minimum Gasteiger partial charge on any atom is -0.444 e. The Hall–Kier alpha value is -0.990. The SMILES string of the molecule is CC(C)(C)OC(=O)N[C@@H]1C=CCC1. The summed E-state index contributed by atoms with van der Waals surface area (Å²) in [7, 11) is 0. The van der Waals surface area contributed by atoms with Crippen molar-refractivity contribution in [3.05, 3.63) is 12.2 Å². The second-order valence-electron chi connectivity index (χ2n) is 4.26. The van der Waals surface area contributed by atoms with E-state index in [1.807, 2.05) is 26.8 Å². The second-order valence-corrected chi connectivity index (χ2v) is 4.26. The van der Waals surface area contributed by atoms with Gasteiger partial charge in [0.15, 0.2) is 0 Å². The highest BCUT2D eigenvalue weighted by Crippen LogP contribution is 2.11. The van der Waals surface area contributed by atoms with Crippen LogP contribution in [0.2, 0.25) is 0 Å². The van der Waals surface area contributed by atoms with Gasteiger partial charge >= 0.3 is 6.09 Å². The summed E-state index contributed by atoms with van der Waals surface area (Å²) in [6.07, 6.45) is 5.77. The minimum atomic E-state index is -0.410. The monoisotopic (exact) mass is 183 g/mol. The average Bonchev–Trinajstić information content (AvgIpc) is 2.34. The number of hydrogen-bond donors (Lipinski definition) is 1. The van der Waals surface area contributed by atoms with Gasteiger partial charge in [-0.3, -0.25) is 0 Å². The van der Waals surface area contributed by atoms with Gasteiger partial charge in [0.05, 0.1) is 6.04 Å². The van der Waals surface area contributed by atoms with Gasteiger partial charge < -0.3 is 10.1 Å². The average molecular weight is 183 g/mol. The Morgan fingerprint density at radius 3 is 2.69 bits per heavy atom. The Morgan fingerprint density at radius 2 is 2.23 bits per heavy atom. The summed E-state index contributed by atoms with van der Waals surface area (Å²) in [6.45, 7) is 5.57. The van der Waals surface area contributed by atoms with E-state index in [0.717, 1.165) is 12.8 Å². The molecular formula is C10H17NO2. The molecule has 3 heteroatoms. The van der Waals surface area contributed by atoms with Gasteiger partial charge in [-0.05, 0) is 33.6 Å². The van der Waals surface area contributed by atoms with Crippen molar-refractivity contribution in [3.63, 3.8) is 0 Å². The first kappa shape index (κ1) is 10.1. The topological polar surface area (TPSA) is 38.3 Å². The third kappa shape index (κ3) is 3.97. The first-order valence-electron chi connectivity index (χ1n) is 4.63. The molecule has 0 aromatic heterocycles. The van der Waals surface area contributed by atoms with Crippen molar-refractivity contribution in [1.82, 2.24) is 5.32 Å². The molecule has 13 heavy (non-hydrogen) atoms. The van der Waals surface area contributed by atoms with Crippen molar-refractivity contribution >= 4 is 6.09 Å². The zero-order valence-electron chi connectivity index (χ0n) is 8.46. The van der Waals surface area contributed by atoms with E-state index in [-0.39, 0.29) is 12.1 Å². The number of allylic oxidation sites excluding steroid dienone is 1. The van der Waals surface area contributed by atoms with Crippen LogP contribution < -0.4 is 5.32 Å². The number of nitrogens with one attached hydrogen (secondary N) is 1. The van der Waals surface area contributed by atoms with Crippen LogP contribution in [-0.4, -0.2) is 17.7 Å². The van der Waals surface area contributed by atoms with E-state index in [9.17, 15) is 4.79 Å². The van der Waals surface area contributed by atoms with Gasteiger partial charge in [-0.2, -0.15) is 0 Å². The zero-order chi connectivity index (χ0) is 9.90. The largest absolute Gasteiger partial charge is 0.444 e. The van der Waals surface area contributed by atoms with Gasteiger partial charge in [0, 0.05) is 0 Å². The van der Waals surface area contributed by atoms with Crippen LogP contribution in [0.1, 0.15) is 33.6 Å². The van der Waals surface area contributed by atoms with Crippen LogP contribution in [0.4, 0.5) is 4.79 Å². The smallest absolute Gasteiger partial charge is 0.408 e. The molecule has 0 aliphatic heterocycles. The lowest BCUT2D eigenvalue weighted by molar-refractivity contribution is 0.0514. The molecule has 1 atom stereocenters. The Balaban J connectivity index is 2.29. The van der Waals surface area contributed by atoms with Crippen LogP contribution in [-0.2, 0) is 4.74 Å². The lowest BCUT2D eigenvalue weighted by atomic mass is 10.2. The Labute approximate surface area is 79.2 Å². The number of carbonyl (C=O) groups is 1. The van der Waals surface area contributed by atoms with Crippen LogP contribution in [0.3, 0.4) is 0 Å². The van der Waals surface area contributed by atoms with Crippen molar-refractivity contribution in [3.8, 4) is 0 Å². The summed E-state index contributed by atoms with van der Waals surface area (Å²) in [5.74, 6) is 0. The number of rotatable bonds is 1. The molecule has 1 amide bonds. The number of alkyl carbamates (subject to hydrolysis) is 1. The van der Waals surface area contributed by atoms with Crippen molar-refractivity contribution in [2.45, 2.75) is 45.3 Å². The first-order chi connectivity index (χ1) is 5.97. The van der Waals surface area contributed by atoms with E-state index in [0.29, 0.717) is 0 Å². The first-order valence-corrected chi connectivity index (χ1v) is 4.63. The van der Waals surface area contributed by atoms with Gasteiger partial charge in [0.1, 0.15) is 5.60 Å². The third-order valence-corrected chi connectivity index (χ3v) is 1.71. The Kier molecular flexibility index (Phi) is 2.96. The molecule has 3 nitrogen and oxygen atoms in total. The maximum Gasteiger partial charge on any atom is 0.408 e.